The lowest BCUT2D eigenvalue weighted by Gasteiger charge is -2.39. The third-order valence-electron chi connectivity index (χ3n) is 5.59. The molecule has 134 valence electrons. The minimum Gasteiger partial charge on any atom is -0.342 e. The van der Waals surface area contributed by atoms with Crippen LogP contribution in [0.15, 0.2) is 43.0 Å². The Labute approximate surface area is 150 Å². The summed E-state index contributed by atoms with van der Waals surface area (Å²) in [4.78, 5) is 29.1. The van der Waals surface area contributed by atoms with Crippen molar-refractivity contribution in [3.8, 4) is 0 Å². The second kappa shape index (κ2) is 7.85. The Bertz CT molecular complexity index is 628. The molecule has 0 aromatic heterocycles. The number of rotatable bonds is 6. The average Bonchev–Trinajstić information content (AvgIpc) is 3.05. The van der Waals surface area contributed by atoms with Gasteiger partial charge < -0.3 is 9.80 Å². The van der Waals surface area contributed by atoms with Gasteiger partial charge in [0.1, 0.15) is 0 Å². The van der Waals surface area contributed by atoms with Gasteiger partial charge in [-0.2, -0.15) is 0 Å². The van der Waals surface area contributed by atoms with Crippen LogP contribution in [0.2, 0.25) is 0 Å². The molecule has 0 bridgehead atoms. The van der Waals surface area contributed by atoms with Gasteiger partial charge in [0.05, 0.1) is 5.41 Å². The highest BCUT2D eigenvalue weighted by Crippen LogP contribution is 2.40. The number of benzene rings is 1. The Morgan fingerprint density at radius 1 is 1.20 bits per heavy atom. The first-order valence-electron chi connectivity index (χ1n) is 9.37. The first kappa shape index (κ1) is 17.7. The Morgan fingerprint density at radius 2 is 2.00 bits per heavy atom. The van der Waals surface area contributed by atoms with E-state index in [1.54, 1.807) is 6.08 Å². The van der Waals surface area contributed by atoms with Crippen molar-refractivity contribution in [1.82, 2.24) is 9.80 Å². The van der Waals surface area contributed by atoms with Gasteiger partial charge in [-0.3, -0.25) is 9.59 Å². The minimum atomic E-state index is -0.332. The predicted molar refractivity (Wildman–Crippen MR) is 99.0 cm³/mol. The van der Waals surface area contributed by atoms with Crippen molar-refractivity contribution < 1.29 is 9.59 Å². The molecule has 1 aromatic carbocycles. The normalized spacial score (nSPS) is 23.3. The molecule has 2 aliphatic rings. The summed E-state index contributed by atoms with van der Waals surface area (Å²) in [6.07, 6.45) is 6.77. The molecule has 2 heterocycles. The fourth-order valence-corrected chi connectivity index (χ4v) is 4.20. The molecule has 0 saturated carbocycles. The molecule has 1 spiro atoms. The molecule has 1 aromatic rings. The van der Waals surface area contributed by atoms with Crippen molar-refractivity contribution in [2.45, 2.75) is 38.5 Å². The number of hydrogen-bond donors (Lipinski definition) is 0. The van der Waals surface area contributed by atoms with Gasteiger partial charge in [-0.25, -0.2) is 0 Å². The molecule has 3 rings (SSSR count). The Hall–Kier alpha value is -2.10. The molecule has 0 radical (unpaired) electrons. The largest absolute Gasteiger partial charge is 0.342 e. The summed E-state index contributed by atoms with van der Waals surface area (Å²) in [5.74, 6) is 0.363. The number of nitrogens with zero attached hydrogens (tertiary/aromatic N) is 2. The molecular formula is C21H28N2O2. The maximum absolute atomic E-state index is 13.1. The van der Waals surface area contributed by atoms with Crippen molar-refractivity contribution >= 4 is 11.8 Å². The zero-order valence-corrected chi connectivity index (χ0v) is 15.0. The summed E-state index contributed by atoms with van der Waals surface area (Å²) in [6, 6.07) is 10.4. The summed E-state index contributed by atoms with van der Waals surface area (Å²) in [5, 5.41) is 0. The Morgan fingerprint density at radius 3 is 2.76 bits per heavy atom. The zero-order chi connectivity index (χ0) is 17.7. The third kappa shape index (κ3) is 3.94. The zero-order valence-electron chi connectivity index (χ0n) is 15.0. The van der Waals surface area contributed by atoms with Crippen LogP contribution in [0.1, 0.15) is 37.7 Å². The Kier molecular flexibility index (Phi) is 5.57. The third-order valence-corrected chi connectivity index (χ3v) is 5.59. The number of carbonyl (C=O) groups is 2. The summed E-state index contributed by atoms with van der Waals surface area (Å²) >= 11 is 0. The van der Waals surface area contributed by atoms with Crippen LogP contribution in [0.5, 0.6) is 0 Å². The van der Waals surface area contributed by atoms with E-state index >= 15 is 0 Å². The standard InChI is InChI=1S/C21H28N2O2/c1-2-8-19(24)23-16-13-21(17-23)12-7-15-22(20(21)25)14-6-11-18-9-4-3-5-10-18/h2-5,9-10H,1,6-8,11-17H2/t21-/m1/s1. The molecule has 0 aliphatic carbocycles. The van der Waals surface area contributed by atoms with Crippen LogP contribution >= 0.6 is 0 Å². The van der Waals surface area contributed by atoms with Gasteiger partial charge in [0.15, 0.2) is 0 Å². The maximum atomic E-state index is 13.1. The van der Waals surface area contributed by atoms with Gasteiger partial charge in [-0.15, -0.1) is 6.58 Å². The predicted octanol–water partition coefficient (Wildman–Crippen LogP) is 3.04. The fraction of sp³-hybridized carbons (Fsp3) is 0.524. The van der Waals surface area contributed by atoms with E-state index in [0.717, 1.165) is 45.2 Å². The fourth-order valence-electron chi connectivity index (χ4n) is 4.20. The number of carbonyl (C=O) groups excluding carboxylic acids is 2. The van der Waals surface area contributed by atoms with Crippen molar-refractivity contribution in [1.29, 1.82) is 0 Å². The molecule has 25 heavy (non-hydrogen) atoms. The SMILES string of the molecule is C=CCC(=O)N1CC[C@]2(CCCN(CCCc3ccccc3)C2=O)C1. The van der Waals surface area contributed by atoms with Crippen molar-refractivity contribution in [2.24, 2.45) is 5.41 Å². The van der Waals surface area contributed by atoms with Crippen LogP contribution in [-0.2, 0) is 16.0 Å². The van der Waals surface area contributed by atoms with Crippen LogP contribution < -0.4 is 0 Å². The minimum absolute atomic E-state index is 0.0980. The number of likely N-dealkylation sites (tertiary alicyclic amines) is 2. The molecule has 4 heteroatoms. The first-order valence-corrected chi connectivity index (χ1v) is 9.37. The summed E-state index contributed by atoms with van der Waals surface area (Å²) in [7, 11) is 0. The quantitative estimate of drug-likeness (QED) is 0.747. The van der Waals surface area contributed by atoms with Gasteiger partial charge in [-0.05, 0) is 37.7 Å². The topological polar surface area (TPSA) is 40.6 Å². The van der Waals surface area contributed by atoms with Crippen LogP contribution in [-0.4, -0.2) is 47.8 Å². The van der Waals surface area contributed by atoms with E-state index in [0.29, 0.717) is 19.5 Å². The van der Waals surface area contributed by atoms with E-state index in [1.807, 2.05) is 15.9 Å². The van der Waals surface area contributed by atoms with Gasteiger partial charge in [0.25, 0.3) is 0 Å². The van der Waals surface area contributed by atoms with Crippen molar-refractivity contribution in [2.75, 3.05) is 26.2 Å². The smallest absolute Gasteiger partial charge is 0.230 e. The summed E-state index contributed by atoms with van der Waals surface area (Å²) in [5.41, 5.74) is 0.991. The second-order valence-corrected chi connectivity index (χ2v) is 7.32. The second-order valence-electron chi connectivity index (χ2n) is 7.32. The van der Waals surface area contributed by atoms with Crippen LogP contribution in [0.25, 0.3) is 0 Å². The molecule has 1 atom stereocenters. The van der Waals surface area contributed by atoms with E-state index in [9.17, 15) is 9.59 Å². The molecule has 4 nitrogen and oxygen atoms in total. The molecule has 0 N–H and O–H groups in total. The molecule has 2 fully saturated rings. The summed E-state index contributed by atoms with van der Waals surface area (Å²) in [6.45, 7) is 6.61. The van der Waals surface area contributed by atoms with Gasteiger partial charge in [-0.1, -0.05) is 36.4 Å². The van der Waals surface area contributed by atoms with E-state index in [2.05, 4.69) is 30.8 Å². The van der Waals surface area contributed by atoms with E-state index in [1.165, 1.54) is 5.56 Å². The van der Waals surface area contributed by atoms with Crippen LogP contribution in [0.4, 0.5) is 0 Å². The van der Waals surface area contributed by atoms with E-state index < -0.39 is 0 Å². The first-order chi connectivity index (χ1) is 12.1. The lowest BCUT2D eigenvalue weighted by atomic mass is 9.78. The summed E-state index contributed by atoms with van der Waals surface area (Å²) < 4.78 is 0. The van der Waals surface area contributed by atoms with Crippen molar-refractivity contribution in [3.63, 3.8) is 0 Å². The van der Waals surface area contributed by atoms with Crippen LogP contribution in [0, 0.1) is 5.41 Å². The highest BCUT2D eigenvalue weighted by atomic mass is 16.2. The number of piperidine rings is 1. The Balaban J connectivity index is 1.56. The van der Waals surface area contributed by atoms with E-state index in [4.69, 9.17) is 0 Å². The highest BCUT2D eigenvalue weighted by Gasteiger charge is 2.48. The highest BCUT2D eigenvalue weighted by molar-refractivity contribution is 5.86. The molecular weight excluding hydrogens is 312 g/mol. The van der Waals surface area contributed by atoms with Gasteiger partial charge in [0.2, 0.25) is 11.8 Å². The average molecular weight is 340 g/mol. The number of amides is 2. The van der Waals surface area contributed by atoms with Crippen LogP contribution in [0.3, 0.4) is 0 Å². The lowest BCUT2D eigenvalue weighted by Crippen LogP contribution is -2.50. The van der Waals surface area contributed by atoms with Gasteiger partial charge >= 0.3 is 0 Å². The van der Waals surface area contributed by atoms with Gasteiger partial charge in [0, 0.05) is 32.6 Å². The monoisotopic (exact) mass is 340 g/mol. The molecule has 2 saturated heterocycles. The molecule has 2 aliphatic heterocycles. The molecule has 0 unspecified atom stereocenters. The van der Waals surface area contributed by atoms with E-state index in [-0.39, 0.29) is 17.2 Å². The maximum Gasteiger partial charge on any atom is 0.230 e. The number of hydrogen-bond acceptors (Lipinski definition) is 2. The number of aryl methyl sites for hydroxylation is 1. The lowest BCUT2D eigenvalue weighted by molar-refractivity contribution is -0.146. The van der Waals surface area contributed by atoms with Crippen molar-refractivity contribution in [3.05, 3.63) is 48.6 Å². The molecule has 2 amide bonds.